The van der Waals surface area contributed by atoms with Gasteiger partial charge in [0.05, 0.1) is 6.61 Å². The van der Waals surface area contributed by atoms with Crippen LogP contribution in [-0.4, -0.2) is 28.3 Å². The predicted octanol–water partition coefficient (Wildman–Crippen LogP) is 3.43. The molecule has 128 valence electrons. The summed E-state index contributed by atoms with van der Waals surface area (Å²) in [5, 5.41) is 9.13. The van der Waals surface area contributed by atoms with Crippen molar-refractivity contribution in [2.45, 2.75) is 13.5 Å². The molecule has 0 radical (unpaired) electrons. The van der Waals surface area contributed by atoms with Gasteiger partial charge in [0.2, 0.25) is 5.91 Å². The fraction of sp³-hybridized carbons (Fsp3) is 0.167. The van der Waals surface area contributed by atoms with E-state index in [0.29, 0.717) is 10.6 Å². The van der Waals surface area contributed by atoms with Gasteiger partial charge in [0.1, 0.15) is 17.1 Å². The summed E-state index contributed by atoms with van der Waals surface area (Å²) in [6.07, 6.45) is 3.31. The number of thiophene rings is 1. The van der Waals surface area contributed by atoms with E-state index >= 15 is 0 Å². The van der Waals surface area contributed by atoms with Crippen LogP contribution in [0.15, 0.2) is 54.2 Å². The number of esters is 1. The molecule has 1 N–H and O–H groups in total. The van der Waals surface area contributed by atoms with Crippen LogP contribution in [0.3, 0.4) is 0 Å². The van der Waals surface area contributed by atoms with Crippen LogP contribution in [-0.2, 0) is 16.1 Å². The Labute approximate surface area is 149 Å². The van der Waals surface area contributed by atoms with E-state index in [2.05, 4.69) is 10.4 Å². The van der Waals surface area contributed by atoms with Crippen LogP contribution in [0, 0.1) is 0 Å². The standard InChI is InChI=1S/C18H17N3O3S/c1-2-24-18(23)16-14(13-7-4-3-5-8-13)12-25-17(16)20-15(22)11-21-10-6-9-19-21/h3-10,12H,2,11H2,1H3,(H,20,22). The number of benzene rings is 1. The Bertz CT molecular complexity index is 857. The third-order valence-corrected chi connectivity index (χ3v) is 4.37. The average molecular weight is 355 g/mol. The van der Waals surface area contributed by atoms with Gasteiger partial charge in [-0.2, -0.15) is 5.10 Å². The molecular weight excluding hydrogens is 338 g/mol. The van der Waals surface area contributed by atoms with Gasteiger partial charge in [-0.15, -0.1) is 11.3 Å². The van der Waals surface area contributed by atoms with Crippen molar-refractivity contribution in [3.8, 4) is 11.1 Å². The minimum Gasteiger partial charge on any atom is -0.462 e. The predicted molar refractivity (Wildman–Crippen MR) is 96.6 cm³/mol. The van der Waals surface area contributed by atoms with E-state index in [1.54, 1.807) is 25.4 Å². The number of nitrogens with zero attached hydrogens (tertiary/aromatic N) is 2. The molecule has 0 saturated carbocycles. The summed E-state index contributed by atoms with van der Waals surface area (Å²) in [5.74, 6) is -0.701. The van der Waals surface area contributed by atoms with Crippen LogP contribution in [0.1, 0.15) is 17.3 Å². The van der Waals surface area contributed by atoms with Crippen molar-refractivity contribution in [2.75, 3.05) is 11.9 Å². The lowest BCUT2D eigenvalue weighted by atomic mass is 10.0. The van der Waals surface area contributed by atoms with E-state index in [1.807, 2.05) is 35.7 Å². The zero-order chi connectivity index (χ0) is 17.6. The van der Waals surface area contributed by atoms with Crippen molar-refractivity contribution in [2.24, 2.45) is 0 Å². The number of carbonyl (C=O) groups excluding carboxylic acids is 2. The molecule has 1 aromatic carbocycles. The summed E-state index contributed by atoms with van der Waals surface area (Å²) in [6.45, 7) is 2.10. The fourth-order valence-electron chi connectivity index (χ4n) is 2.39. The summed E-state index contributed by atoms with van der Waals surface area (Å²) in [7, 11) is 0. The molecule has 3 aromatic rings. The molecule has 2 heterocycles. The van der Waals surface area contributed by atoms with E-state index < -0.39 is 5.97 Å². The van der Waals surface area contributed by atoms with Crippen molar-refractivity contribution in [3.63, 3.8) is 0 Å². The van der Waals surface area contributed by atoms with E-state index in [9.17, 15) is 9.59 Å². The van der Waals surface area contributed by atoms with Gasteiger partial charge in [-0.3, -0.25) is 9.48 Å². The third-order valence-electron chi connectivity index (χ3n) is 3.47. The van der Waals surface area contributed by atoms with Gasteiger partial charge in [0.15, 0.2) is 0 Å². The van der Waals surface area contributed by atoms with Crippen molar-refractivity contribution >= 4 is 28.2 Å². The van der Waals surface area contributed by atoms with Crippen LogP contribution in [0.2, 0.25) is 0 Å². The molecule has 2 aromatic heterocycles. The number of hydrogen-bond donors (Lipinski definition) is 1. The van der Waals surface area contributed by atoms with Gasteiger partial charge < -0.3 is 10.1 Å². The average Bonchev–Trinajstić information content (AvgIpc) is 3.25. The summed E-state index contributed by atoms with van der Waals surface area (Å²) < 4.78 is 6.69. The Balaban J connectivity index is 1.89. The minimum atomic E-state index is -0.447. The van der Waals surface area contributed by atoms with Gasteiger partial charge in [0.25, 0.3) is 0 Å². The highest BCUT2D eigenvalue weighted by atomic mass is 32.1. The maximum absolute atomic E-state index is 12.4. The molecule has 6 nitrogen and oxygen atoms in total. The van der Waals surface area contributed by atoms with Crippen LogP contribution in [0.4, 0.5) is 5.00 Å². The Kier molecular flexibility index (Phi) is 5.25. The zero-order valence-electron chi connectivity index (χ0n) is 13.6. The lowest BCUT2D eigenvalue weighted by Gasteiger charge is -2.09. The van der Waals surface area contributed by atoms with Gasteiger partial charge in [-0.25, -0.2) is 4.79 Å². The largest absolute Gasteiger partial charge is 0.462 e. The SMILES string of the molecule is CCOC(=O)c1c(-c2ccccc2)csc1NC(=O)Cn1cccn1. The Hall–Kier alpha value is -2.93. The van der Waals surface area contributed by atoms with Crippen molar-refractivity contribution in [1.82, 2.24) is 9.78 Å². The molecule has 0 aliphatic rings. The Morgan fingerprint density at radius 1 is 1.24 bits per heavy atom. The normalized spacial score (nSPS) is 10.4. The molecule has 25 heavy (non-hydrogen) atoms. The summed E-state index contributed by atoms with van der Waals surface area (Å²) in [4.78, 5) is 24.7. The maximum Gasteiger partial charge on any atom is 0.341 e. The monoisotopic (exact) mass is 355 g/mol. The second-order valence-electron chi connectivity index (χ2n) is 5.19. The number of nitrogens with one attached hydrogen (secondary N) is 1. The number of aromatic nitrogens is 2. The topological polar surface area (TPSA) is 73.2 Å². The second kappa shape index (κ2) is 7.76. The number of ether oxygens (including phenoxy) is 1. The fourth-order valence-corrected chi connectivity index (χ4v) is 3.37. The summed E-state index contributed by atoms with van der Waals surface area (Å²) in [5.41, 5.74) is 2.03. The first-order valence-corrected chi connectivity index (χ1v) is 8.68. The van der Waals surface area contributed by atoms with Gasteiger partial charge in [0, 0.05) is 23.3 Å². The van der Waals surface area contributed by atoms with Crippen LogP contribution >= 0.6 is 11.3 Å². The molecule has 7 heteroatoms. The maximum atomic E-state index is 12.4. The first-order valence-electron chi connectivity index (χ1n) is 7.80. The smallest absolute Gasteiger partial charge is 0.341 e. The molecule has 3 rings (SSSR count). The summed E-state index contributed by atoms with van der Waals surface area (Å²) >= 11 is 1.30. The van der Waals surface area contributed by atoms with Crippen molar-refractivity contribution < 1.29 is 14.3 Å². The van der Waals surface area contributed by atoms with Crippen LogP contribution in [0.25, 0.3) is 11.1 Å². The summed E-state index contributed by atoms with van der Waals surface area (Å²) in [6, 6.07) is 11.3. The highest BCUT2D eigenvalue weighted by Gasteiger charge is 2.22. The highest BCUT2D eigenvalue weighted by Crippen LogP contribution is 2.36. The molecule has 0 bridgehead atoms. The number of amides is 1. The lowest BCUT2D eigenvalue weighted by molar-refractivity contribution is -0.116. The number of hydrogen-bond acceptors (Lipinski definition) is 5. The molecule has 0 unspecified atom stereocenters. The number of anilines is 1. The zero-order valence-corrected chi connectivity index (χ0v) is 14.5. The van der Waals surface area contributed by atoms with Crippen molar-refractivity contribution in [1.29, 1.82) is 0 Å². The van der Waals surface area contributed by atoms with Crippen LogP contribution < -0.4 is 5.32 Å². The number of carbonyl (C=O) groups is 2. The third kappa shape index (κ3) is 3.95. The van der Waals surface area contributed by atoms with E-state index in [1.165, 1.54) is 16.0 Å². The molecule has 0 spiro atoms. The lowest BCUT2D eigenvalue weighted by Crippen LogP contribution is -2.20. The first kappa shape index (κ1) is 16.9. The molecule has 0 fully saturated rings. The molecular formula is C18H17N3O3S. The molecule has 0 atom stereocenters. The minimum absolute atomic E-state index is 0.0772. The van der Waals surface area contributed by atoms with Gasteiger partial charge >= 0.3 is 5.97 Å². The number of rotatable bonds is 6. The quantitative estimate of drug-likeness (QED) is 0.688. The molecule has 1 amide bonds. The first-order chi connectivity index (χ1) is 12.2. The molecule has 0 saturated heterocycles. The highest BCUT2D eigenvalue weighted by molar-refractivity contribution is 7.15. The van der Waals surface area contributed by atoms with Gasteiger partial charge in [-0.05, 0) is 18.6 Å². The van der Waals surface area contributed by atoms with E-state index in [-0.39, 0.29) is 19.1 Å². The Morgan fingerprint density at radius 2 is 2.04 bits per heavy atom. The van der Waals surface area contributed by atoms with E-state index in [4.69, 9.17) is 4.74 Å². The molecule has 0 aliphatic carbocycles. The van der Waals surface area contributed by atoms with Crippen LogP contribution in [0.5, 0.6) is 0 Å². The Morgan fingerprint density at radius 3 is 2.72 bits per heavy atom. The van der Waals surface area contributed by atoms with Gasteiger partial charge in [-0.1, -0.05) is 30.3 Å². The van der Waals surface area contributed by atoms with E-state index in [0.717, 1.165) is 11.1 Å². The molecule has 0 aliphatic heterocycles. The van der Waals surface area contributed by atoms with Crippen molar-refractivity contribution in [3.05, 3.63) is 59.7 Å². The second-order valence-corrected chi connectivity index (χ2v) is 6.07.